The maximum Gasteiger partial charge on any atom is 0.477 e. The van der Waals surface area contributed by atoms with Crippen LogP contribution < -0.4 is 0 Å². The molecule has 16 heavy (non-hydrogen) atoms. The first-order chi connectivity index (χ1) is 7.10. The third-order valence-electron chi connectivity index (χ3n) is 2.28. The zero-order valence-corrected chi connectivity index (χ0v) is 14.0. The van der Waals surface area contributed by atoms with E-state index in [1.165, 1.54) is 0 Å². The molecule has 0 atom stereocenters. The molecule has 0 saturated heterocycles. The Morgan fingerprint density at radius 3 is 1.50 bits per heavy atom. The summed E-state index contributed by atoms with van der Waals surface area (Å²) in [6.45, 7) is 17.4. The van der Waals surface area contributed by atoms with E-state index in [0.29, 0.717) is 6.04 Å². The minimum atomic E-state index is -3.06. The van der Waals surface area contributed by atoms with Gasteiger partial charge in [0, 0.05) is 6.04 Å². The molecular formula is C10H24O3Si3. The predicted molar refractivity (Wildman–Crippen MR) is 76.0 cm³/mol. The fourth-order valence-corrected chi connectivity index (χ4v) is 10.0. The lowest BCUT2D eigenvalue weighted by atomic mass is 11.0. The molecule has 0 aromatic carbocycles. The van der Waals surface area contributed by atoms with Crippen molar-refractivity contribution < 1.29 is 13.0 Å². The van der Waals surface area contributed by atoms with Crippen LogP contribution in [0.3, 0.4) is 0 Å². The van der Waals surface area contributed by atoms with Crippen LogP contribution in [0.25, 0.3) is 0 Å². The lowest BCUT2D eigenvalue weighted by Crippen LogP contribution is -2.55. The first-order valence-corrected chi connectivity index (χ1v) is 13.4. The summed E-state index contributed by atoms with van der Waals surface area (Å²) in [5.41, 5.74) is 3.62. The van der Waals surface area contributed by atoms with E-state index in [1.54, 1.807) is 0 Å². The molecule has 0 fully saturated rings. The Bertz CT molecular complexity index is 242. The van der Waals surface area contributed by atoms with E-state index in [1.807, 2.05) is 44.5 Å². The molecule has 0 aromatic heterocycles. The molecular weight excluding hydrogens is 252 g/mol. The normalized spacial score (nSPS) is 13.6. The lowest BCUT2D eigenvalue weighted by Gasteiger charge is -2.35. The van der Waals surface area contributed by atoms with Crippen molar-refractivity contribution in [2.24, 2.45) is 0 Å². The SMILES string of the molecule is C=C[Si](C)(C)O[Si](O)(CC)O[Si](C)(C)C=C. The summed E-state index contributed by atoms with van der Waals surface area (Å²) >= 11 is 0. The van der Waals surface area contributed by atoms with E-state index >= 15 is 0 Å². The van der Waals surface area contributed by atoms with Crippen LogP contribution >= 0.6 is 0 Å². The van der Waals surface area contributed by atoms with E-state index in [-0.39, 0.29) is 0 Å². The van der Waals surface area contributed by atoms with E-state index < -0.39 is 25.4 Å². The van der Waals surface area contributed by atoms with Crippen LogP contribution in [0.1, 0.15) is 6.92 Å². The summed E-state index contributed by atoms with van der Waals surface area (Å²) in [4.78, 5) is 10.4. The largest absolute Gasteiger partial charge is 0.477 e. The van der Waals surface area contributed by atoms with E-state index in [2.05, 4.69) is 13.2 Å². The maximum absolute atomic E-state index is 10.4. The third kappa shape index (κ3) is 5.37. The first kappa shape index (κ1) is 16.0. The standard InChI is InChI=1S/C10H24O3Si3/c1-8-14(4,5)12-16(11,10-3)13-15(6,7)9-2/h8-9,11H,1-2,10H2,3-7H3. The lowest BCUT2D eigenvalue weighted by molar-refractivity contribution is 0.248. The molecule has 6 heteroatoms. The molecule has 0 heterocycles. The minimum Gasteiger partial charge on any atom is -0.412 e. The van der Waals surface area contributed by atoms with Crippen LogP contribution in [0.4, 0.5) is 0 Å². The maximum atomic E-state index is 10.4. The molecule has 0 saturated carbocycles. The fraction of sp³-hybridized carbons (Fsp3) is 0.600. The zero-order valence-electron chi connectivity index (χ0n) is 11.0. The Kier molecular flexibility index (Phi) is 5.57. The predicted octanol–water partition coefficient (Wildman–Crippen LogP) is 2.83. The summed E-state index contributed by atoms with van der Waals surface area (Å²) in [5.74, 6) is 0. The molecule has 3 nitrogen and oxygen atoms in total. The van der Waals surface area contributed by atoms with Crippen LogP contribution in [0, 0.1) is 0 Å². The zero-order chi connectivity index (χ0) is 13.0. The highest BCUT2D eigenvalue weighted by molar-refractivity contribution is 6.89. The number of rotatable bonds is 7. The molecule has 0 spiro atoms. The molecule has 94 valence electrons. The van der Waals surface area contributed by atoms with Crippen molar-refractivity contribution in [1.29, 1.82) is 0 Å². The highest BCUT2D eigenvalue weighted by Gasteiger charge is 2.44. The van der Waals surface area contributed by atoms with Gasteiger partial charge >= 0.3 is 8.80 Å². The van der Waals surface area contributed by atoms with Crippen molar-refractivity contribution in [3.63, 3.8) is 0 Å². The highest BCUT2D eigenvalue weighted by Crippen LogP contribution is 2.22. The smallest absolute Gasteiger partial charge is 0.412 e. The van der Waals surface area contributed by atoms with Gasteiger partial charge in [-0.3, -0.25) is 0 Å². The molecule has 1 N–H and O–H groups in total. The molecule has 0 aliphatic heterocycles. The van der Waals surface area contributed by atoms with Gasteiger partial charge in [0.1, 0.15) is 0 Å². The van der Waals surface area contributed by atoms with Gasteiger partial charge in [-0.05, 0) is 26.2 Å². The monoisotopic (exact) mass is 276 g/mol. The van der Waals surface area contributed by atoms with Gasteiger partial charge in [-0.25, -0.2) is 0 Å². The second-order valence-corrected chi connectivity index (χ2v) is 15.9. The molecule has 0 unspecified atom stereocenters. The van der Waals surface area contributed by atoms with Gasteiger partial charge in [-0.15, -0.1) is 13.2 Å². The molecule has 0 bridgehead atoms. The Labute approximate surface area is 102 Å². The van der Waals surface area contributed by atoms with Crippen molar-refractivity contribution in [3.8, 4) is 0 Å². The fourth-order valence-electron chi connectivity index (χ4n) is 1.07. The molecule has 0 aliphatic carbocycles. The van der Waals surface area contributed by atoms with Gasteiger partial charge in [0.05, 0.1) is 0 Å². The van der Waals surface area contributed by atoms with Crippen LogP contribution in [0.15, 0.2) is 24.6 Å². The van der Waals surface area contributed by atoms with Crippen molar-refractivity contribution in [2.75, 3.05) is 0 Å². The highest BCUT2D eigenvalue weighted by atomic mass is 28.5. The quantitative estimate of drug-likeness (QED) is 0.727. The Hall–Kier alpha value is 0.0106. The van der Waals surface area contributed by atoms with E-state index in [0.717, 1.165) is 0 Å². The summed E-state index contributed by atoms with van der Waals surface area (Å²) < 4.78 is 11.7. The molecule has 0 rings (SSSR count). The van der Waals surface area contributed by atoms with Gasteiger partial charge in [-0.2, -0.15) is 0 Å². The second kappa shape index (κ2) is 5.56. The van der Waals surface area contributed by atoms with E-state index in [4.69, 9.17) is 8.23 Å². The summed E-state index contributed by atoms with van der Waals surface area (Å²) in [7, 11) is -7.07. The summed E-state index contributed by atoms with van der Waals surface area (Å²) in [6.07, 6.45) is 0. The summed E-state index contributed by atoms with van der Waals surface area (Å²) in [5, 5.41) is 0. The first-order valence-electron chi connectivity index (χ1n) is 5.49. The Morgan fingerprint density at radius 1 is 1.00 bits per heavy atom. The van der Waals surface area contributed by atoms with Crippen LogP contribution in [0.5, 0.6) is 0 Å². The molecule has 0 amide bonds. The topological polar surface area (TPSA) is 38.7 Å². The van der Waals surface area contributed by atoms with Crippen molar-refractivity contribution >= 4 is 25.4 Å². The van der Waals surface area contributed by atoms with Crippen LogP contribution in [0.2, 0.25) is 32.2 Å². The molecule has 0 aliphatic rings. The van der Waals surface area contributed by atoms with Crippen molar-refractivity contribution in [1.82, 2.24) is 0 Å². The Morgan fingerprint density at radius 2 is 1.31 bits per heavy atom. The van der Waals surface area contributed by atoms with Gasteiger partial charge in [0.15, 0.2) is 0 Å². The van der Waals surface area contributed by atoms with Gasteiger partial charge in [-0.1, -0.05) is 18.3 Å². The van der Waals surface area contributed by atoms with E-state index in [9.17, 15) is 4.80 Å². The number of hydrogen-bond donors (Lipinski definition) is 1. The molecule has 0 aromatic rings. The number of hydrogen-bond acceptors (Lipinski definition) is 3. The van der Waals surface area contributed by atoms with Crippen molar-refractivity contribution in [2.45, 2.75) is 39.2 Å². The minimum absolute atomic E-state index is 0.529. The van der Waals surface area contributed by atoms with Crippen LogP contribution in [-0.2, 0) is 8.23 Å². The van der Waals surface area contributed by atoms with Gasteiger partial charge in [0.25, 0.3) is 0 Å². The molecule has 0 radical (unpaired) electrons. The third-order valence-corrected chi connectivity index (χ3v) is 11.9. The Balaban J connectivity index is 4.79. The van der Waals surface area contributed by atoms with Crippen LogP contribution in [-0.4, -0.2) is 30.2 Å². The summed E-state index contributed by atoms with van der Waals surface area (Å²) in [6, 6.07) is 0.529. The van der Waals surface area contributed by atoms with Crippen molar-refractivity contribution in [3.05, 3.63) is 24.6 Å². The average molecular weight is 277 g/mol. The average Bonchev–Trinajstić information content (AvgIpc) is 2.16. The van der Waals surface area contributed by atoms with Gasteiger partial charge in [0.2, 0.25) is 16.6 Å². The van der Waals surface area contributed by atoms with Gasteiger partial charge < -0.3 is 13.0 Å². The second-order valence-electron chi connectivity index (χ2n) is 4.89.